The molecule has 0 radical (unpaired) electrons. The predicted octanol–water partition coefficient (Wildman–Crippen LogP) is 0.488. The van der Waals surface area contributed by atoms with Crippen LogP contribution in [0.1, 0.15) is 11.5 Å². The zero-order chi connectivity index (χ0) is 12.5. The van der Waals surface area contributed by atoms with Gasteiger partial charge in [0.1, 0.15) is 11.4 Å². The van der Waals surface area contributed by atoms with Crippen molar-refractivity contribution < 1.29 is 4.52 Å². The molecule has 88 valence electrons. The molecular formula is C9H16N6O. The van der Waals surface area contributed by atoms with Gasteiger partial charge in [0.05, 0.1) is 0 Å². The molecule has 0 aliphatic carbocycles. The Morgan fingerprint density at radius 2 is 1.88 bits per heavy atom. The topological polar surface area (TPSA) is 106 Å². The molecule has 0 bridgehead atoms. The van der Waals surface area contributed by atoms with Crippen LogP contribution < -0.4 is 10.6 Å². The quantitative estimate of drug-likeness (QED) is 0.475. The van der Waals surface area contributed by atoms with Gasteiger partial charge in [-0.05, 0) is 13.8 Å². The number of nitrogens with two attached hydrogens (primary N) is 1. The summed E-state index contributed by atoms with van der Waals surface area (Å²) in [4.78, 5) is 2.83. The molecule has 0 fully saturated rings. The van der Waals surface area contributed by atoms with Crippen LogP contribution in [0.15, 0.2) is 4.52 Å². The first-order valence-electron chi connectivity index (χ1n) is 4.69. The molecule has 0 amide bonds. The number of rotatable bonds is 1. The molecular weight excluding hydrogens is 208 g/mol. The van der Waals surface area contributed by atoms with Gasteiger partial charge in [-0.3, -0.25) is 15.7 Å². The third-order valence-corrected chi connectivity index (χ3v) is 2.33. The molecule has 0 unspecified atom stereocenters. The molecule has 0 aliphatic rings. The maximum atomic E-state index is 7.86. The lowest BCUT2D eigenvalue weighted by Crippen LogP contribution is -2.46. The monoisotopic (exact) mass is 224 g/mol. The van der Waals surface area contributed by atoms with E-state index >= 15 is 0 Å². The normalized spacial score (nSPS) is 10.0. The number of nitrogens with zero attached hydrogens (tertiary/aromatic N) is 3. The summed E-state index contributed by atoms with van der Waals surface area (Å²) in [5, 5.41) is 18.9. The predicted molar refractivity (Wildman–Crippen MR) is 61.8 cm³/mol. The van der Waals surface area contributed by atoms with Gasteiger partial charge < -0.3 is 15.2 Å². The van der Waals surface area contributed by atoms with Crippen molar-refractivity contribution in [1.82, 2.24) is 10.1 Å². The van der Waals surface area contributed by atoms with Crippen LogP contribution in [0.25, 0.3) is 0 Å². The number of hydrogen-bond donors (Lipinski definition) is 3. The number of aryl methyl sites for hydroxylation is 2. The van der Waals surface area contributed by atoms with Gasteiger partial charge >= 0.3 is 0 Å². The van der Waals surface area contributed by atoms with E-state index in [1.807, 2.05) is 0 Å². The van der Waals surface area contributed by atoms with Crippen molar-refractivity contribution in [3.63, 3.8) is 0 Å². The Morgan fingerprint density at radius 1 is 1.31 bits per heavy atom. The summed E-state index contributed by atoms with van der Waals surface area (Å²) in [7, 11) is 3.26. The first kappa shape index (κ1) is 12.0. The second-order valence-corrected chi connectivity index (χ2v) is 3.50. The van der Waals surface area contributed by atoms with Crippen molar-refractivity contribution in [3.8, 4) is 0 Å². The highest BCUT2D eigenvalue weighted by Gasteiger charge is 2.20. The Hall–Kier alpha value is -2.05. The summed E-state index contributed by atoms with van der Waals surface area (Å²) in [5.41, 5.74) is 6.72. The van der Waals surface area contributed by atoms with E-state index < -0.39 is 0 Å². The van der Waals surface area contributed by atoms with E-state index in [4.69, 9.17) is 21.1 Å². The minimum Gasteiger partial charge on any atom is -0.370 e. The standard InChI is InChI=1S/C9H16N6O/c1-5-7(6(2)16-13-5)14(3)9(12)15(4)8(10)11/h12H,1-4H3,(H3,10,11). The third kappa shape index (κ3) is 1.97. The molecule has 0 aromatic carbocycles. The van der Waals surface area contributed by atoms with Crippen LogP contribution >= 0.6 is 0 Å². The van der Waals surface area contributed by atoms with Gasteiger partial charge in [0.2, 0.25) is 5.96 Å². The van der Waals surface area contributed by atoms with E-state index in [0.717, 1.165) is 5.69 Å². The zero-order valence-electron chi connectivity index (χ0n) is 9.83. The van der Waals surface area contributed by atoms with Crippen molar-refractivity contribution in [3.05, 3.63) is 11.5 Å². The Balaban J connectivity index is 2.99. The van der Waals surface area contributed by atoms with Gasteiger partial charge in [0, 0.05) is 14.1 Å². The second-order valence-electron chi connectivity index (χ2n) is 3.50. The smallest absolute Gasteiger partial charge is 0.204 e. The van der Waals surface area contributed by atoms with E-state index in [1.165, 1.54) is 4.90 Å². The molecule has 4 N–H and O–H groups in total. The molecule has 16 heavy (non-hydrogen) atoms. The zero-order valence-corrected chi connectivity index (χ0v) is 9.83. The van der Waals surface area contributed by atoms with E-state index in [1.54, 1.807) is 32.8 Å². The molecule has 1 aromatic heterocycles. The molecule has 0 atom stereocenters. The number of aromatic nitrogens is 1. The van der Waals surface area contributed by atoms with E-state index in [-0.39, 0.29) is 11.9 Å². The first-order chi connectivity index (χ1) is 7.36. The van der Waals surface area contributed by atoms with Crippen LogP contribution in [0, 0.1) is 24.7 Å². The molecule has 7 nitrogen and oxygen atoms in total. The Kier molecular flexibility index (Phi) is 3.17. The van der Waals surface area contributed by atoms with Gasteiger partial charge in [-0.1, -0.05) is 5.16 Å². The lowest BCUT2D eigenvalue weighted by molar-refractivity contribution is 0.393. The second kappa shape index (κ2) is 4.21. The molecule has 0 saturated carbocycles. The van der Waals surface area contributed by atoms with Crippen molar-refractivity contribution in [1.29, 1.82) is 10.8 Å². The number of nitrogens with one attached hydrogen (secondary N) is 2. The maximum Gasteiger partial charge on any atom is 0.204 e. The third-order valence-electron chi connectivity index (χ3n) is 2.33. The van der Waals surface area contributed by atoms with E-state index in [9.17, 15) is 0 Å². The molecule has 1 rings (SSSR count). The fraction of sp³-hybridized carbons (Fsp3) is 0.444. The van der Waals surface area contributed by atoms with Crippen molar-refractivity contribution in [2.45, 2.75) is 13.8 Å². The highest BCUT2D eigenvalue weighted by Crippen LogP contribution is 2.23. The average Bonchev–Trinajstić information content (AvgIpc) is 2.55. The fourth-order valence-electron chi connectivity index (χ4n) is 1.40. The van der Waals surface area contributed by atoms with Gasteiger partial charge in [-0.2, -0.15) is 0 Å². The molecule has 1 heterocycles. The lowest BCUT2D eigenvalue weighted by Gasteiger charge is -2.26. The summed E-state index contributed by atoms with van der Waals surface area (Å²) >= 11 is 0. The van der Waals surface area contributed by atoms with Gasteiger partial charge in [0.15, 0.2) is 11.7 Å². The summed E-state index contributed by atoms with van der Waals surface area (Å²) in [6.45, 7) is 3.57. The van der Waals surface area contributed by atoms with E-state index in [0.29, 0.717) is 11.5 Å². The SMILES string of the molecule is Cc1noc(C)c1N(C)C(=N)N(C)C(=N)N. The van der Waals surface area contributed by atoms with Crippen LogP contribution in [-0.4, -0.2) is 36.1 Å². The van der Waals surface area contributed by atoms with Crippen molar-refractivity contribution in [2.24, 2.45) is 5.73 Å². The van der Waals surface area contributed by atoms with Crippen LogP contribution in [0.4, 0.5) is 5.69 Å². The highest BCUT2D eigenvalue weighted by atomic mass is 16.5. The molecule has 0 saturated heterocycles. The fourth-order valence-corrected chi connectivity index (χ4v) is 1.40. The Bertz CT molecular complexity index is 404. The first-order valence-corrected chi connectivity index (χ1v) is 4.69. The highest BCUT2D eigenvalue weighted by molar-refractivity contribution is 6.03. The summed E-state index contributed by atoms with van der Waals surface area (Å²) in [6.07, 6.45) is 0. The number of hydrogen-bond acceptors (Lipinski definition) is 4. The van der Waals surface area contributed by atoms with Gasteiger partial charge in [-0.25, -0.2) is 0 Å². The Labute approximate surface area is 93.8 Å². The summed E-state index contributed by atoms with van der Waals surface area (Å²) < 4.78 is 5.02. The molecule has 1 aromatic rings. The minimum absolute atomic E-state index is 0.0851. The Morgan fingerprint density at radius 3 is 2.25 bits per heavy atom. The van der Waals surface area contributed by atoms with Gasteiger partial charge in [-0.15, -0.1) is 0 Å². The molecule has 0 aliphatic heterocycles. The van der Waals surface area contributed by atoms with Crippen molar-refractivity contribution in [2.75, 3.05) is 19.0 Å². The minimum atomic E-state index is -0.191. The number of anilines is 1. The molecule has 0 spiro atoms. The average molecular weight is 224 g/mol. The van der Waals surface area contributed by atoms with Gasteiger partial charge in [0.25, 0.3) is 0 Å². The number of guanidine groups is 2. The van der Waals surface area contributed by atoms with Crippen LogP contribution in [-0.2, 0) is 0 Å². The largest absolute Gasteiger partial charge is 0.370 e. The van der Waals surface area contributed by atoms with Crippen LogP contribution in [0.5, 0.6) is 0 Å². The summed E-state index contributed by atoms with van der Waals surface area (Å²) in [6, 6.07) is 0. The maximum absolute atomic E-state index is 7.86. The van der Waals surface area contributed by atoms with Crippen LogP contribution in [0.3, 0.4) is 0 Å². The van der Waals surface area contributed by atoms with E-state index in [2.05, 4.69) is 5.16 Å². The lowest BCUT2D eigenvalue weighted by atomic mass is 10.3. The molecule has 7 heteroatoms. The van der Waals surface area contributed by atoms with Crippen LogP contribution in [0.2, 0.25) is 0 Å². The summed E-state index contributed by atoms with van der Waals surface area (Å²) in [5.74, 6) is 0.521. The van der Waals surface area contributed by atoms with Crippen molar-refractivity contribution >= 4 is 17.6 Å².